The number of nitrogen functional groups attached to an aromatic ring is 1. The molecule has 0 amide bonds. The van der Waals surface area contributed by atoms with Gasteiger partial charge in [-0.1, -0.05) is 0 Å². The van der Waals surface area contributed by atoms with Gasteiger partial charge in [0.2, 0.25) is 0 Å². The fraction of sp³-hybridized carbons (Fsp3) is 0. The van der Waals surface area contributed by atoms with Gasteiger partial charge in [0.25, 0.3) is 0 Å². The summed E-state index contributed by atoms with van der Waals surface area (Å²) in [6, 6.07) is 7.80. The molecule has 2 aromatic rings. The molecule has 2 N–H and O–H groups in total. The van der Waals surface area contributed by atoms with E-state index in [4.69, 9.17) is 5.73 Å². The third-order valence-corrected chi connectivity index (χ3v) is 1.60. The molecule has 50 valence electrons. The Morgan fingerprint density at radius 3 is 2.50 bits per heavy atom. The van der Waals surface area contributed by atoms with E-state index < -0.39 is 0 Å². The molecular formula is C8H8N2. The van der Waals surface area contributed by atoms with E-state index in [1.54, 1.807) is 0 Å². The van der Waals surface area contributed by atoms with Crippen LogP contribution in [0.4, 0.5) is 5.69 Å². The number of aromatic nitrogens is 1. The van der Waals surface area contributed by atoms with Crippen LogP contribution >= 0.6 is 0 Å². The van der Waals surface area contributed by atoms with Crippen molar-refractivity contribution >= 4 is 11.2 Å². The molecule has 0 spiro atoms. The van der Waals surface area contributed by atoms with Crippen molar-refractivity contribution in [1.29, 1.82) is 0 Å². The molecule has 0 aliphatic rings. The van der Waals surface area contributed by atoms with Crippen molar-refractivity contribution in [3.05, 3.63) is 36.7 Å². The van der Waals surface area contributed by atoms with Crippen LogP contribution < -0.4 is 5.73 Å². The van der Waals surface area contributed by atoms with E-state index in [9.17, 15) is 0 Å². The lowest BCUT2D eigenvalue weighted by atomic mass is 10.3. The standard InChI is InChI=1S/C8H8N2/c9-7-3-1-5-10-6-2-4-8(7)10/h1-6H,9H2. The van der Waals surface area contributed by atoms with Crippen LogP contribution in [0.1, 0.15) is 0 Å². The maximum Gasteiger partial charge on any atom is 0.0681 e. The summed E-state index contributed by atoms with van der Waals surface area (Å²) in [7, 11) is 0. The molecule has 0 aliphatic carbocycles. The van der Waals surface area contributed by atoms with Gasteiger partial charge in [0.1, 0.15) is 0 Å². The average molecular weight is 132 g/mol. The molecule has 2 heterocycles. The second-order valence-corrected chi connectivity index (χ2v) is 2.26. The molecule has 0 fully saturated rings. The molecule has 0 unspecified atom stereocenters. The lowest BCUT2D eigenvalue weighted by Crippen LogP contribution is -1.88. The highest BCUT2D eigenvalue weighted by Gasteiger charge is 1.92. The van der Waals surface area contributed by atoms with Crippen LogP contribution in [-0.2, 0) is 0 Å². The Labute approximate surface area is 58.9 Å². The maximum atomic E-state index is 5.68. The first-order chi connectivity index (χ1) is 4.88. The van der Waals surface area contributed by atoms with Crippen LogP contribution in [0.25, 0.3) is 5.52 Å². The zero-order valence-corrected chi connectivity index (χ0v) is 5.49. The number of hydrogen-bond acceptors (Lipinski definition) is 1. The first kappa shape index (κ1) is 5.35. The summed E-state index contributed by atoms with van der Waals surface area (Å²) >= 11 is 0. The molecule has 0 saturated heterocycles. The monoisotopic (exact) mass is 132 g/mol. The van der Waals surface area contributed by atoms with Crippen molar-refractivity contribution < 1.29 is 0 Å². The lowest BCUT2D eigenvalue weighted by Gasteiger charge is -1.95. The molecule has 2 nitrogen and oxygen atoms in total. The number of rotatable bonds is 0. The van der Waals surface area contributed by atoms with Crippen molar-refractivity contribution in [2.75, 3.05) is 5.73 Å². The van der Waals surface area contributed by atoms with Gasteiger partial charge in [-0.2, -0.15) is 0 Å². The Kier molecular flexibility index (Phi) is 0.947. The van der Waals surface area contributed by atoms with Crippen molar-refractivity contribution in [2.24, 2.45) is 0 Å². The van der Waals surface area contributed by atoms with Gasteiger partial charge in [-0.25, -0.2) is 0 Å². The normalized spacial score (nSPS) is 10.4. The number of hydrogen-bond donors (Lipinski definition) is 1. The van der Waals surface area contributed by atoms with Gasteiger partial charge in [-0.3, -0.25) is 0 Å². The minimum absolute atomic E-state index is 0.826. The van der Waals surface area contributed by atoms with E-state index in [1.165, 1.54) is 0 Å². The summed E-state index contributed by atoms with van der Waals surface area (Å²) in [4.78, 5) is 0. The van der Waals surface area contributed by atoms with E-state index in [2.05, 4.69) is 0 Å². The SMILES string of the molecule is Nc1cccn2cccc12. The van der Waals surface area contributed by atoms with E-state index in [0.29, 0.717) is 0 Å². The van der Waals surface area contributed by atoms with Gasteiger partial charge in [0, 0.05) is 12.4 Å². The molecule has 0 atom stereocenters. The maximum absolute atomic E-state index is 5.68. The first-order valence-electron chi connectivity index (χ1n) is 3.19. The number of pyridine rings is 1. The summed E-state index contributed by atoms with van der Waals surface area (Å²) in [6.07, 6.45) is 3.96. The second-order valence-electron chi connectivity index (χ2n) is 2.26. The third-order valence-electron chi connectivity index (χ3n) is 1.60. The molecule has 0 bridgehead atoms. The third kappa shape index (κ3) is 0.589. The summed E-state index contributed by atoms with van der Waals surface area (Å²) < 4.78 is 2.00. The Bertz CT molecular complexity index is 349. The van der Waals surface area contributed by atoms with E-state index in [-0.39, 0.29) is 0 Å². The van der Waals surface area contributed by atoms with Crippen LogP contribution in [0, 0.1) is 0 Å². The summed E-state index contributed by atoms with van der Waals surface area (Å²) in [5, 5.41) is 0. The fourth-order valence-electron chi connectivity index (χ4n) is 1.09. The molecule has 10 heavy (non-hydrogen) atoms. The summed E-state index contributed by atoms with van der Waals surface area (Å²) in [6.45, 7) is 0. The van der Waals surface area contributed by atoms with Gasteiger partial charge in [0.15, 0.2) is 0 Å². The Morgan fingerprint density at radius 2 is 1.80 bits per heavy atom. The van der Waals surface area contributed by atoms with Crippen LogP contribution in [0.3, 0.4) is 0 Å². The number of nitrogens with two attached hydrogens (primary N) is 1. The summed E-state index contributed by atoms with van der Waals surface area (Å²) in [5.74, 6) is 0. The van der Waals surface area contributed by atoms with Gasteiger partial charge in [-0.05, 0) is 24.3 Å². The highest BCUT2D eigenvalue weighted by molar-refractivity contribution is 5.69. The fourth-order valence-corrected chi connectivity index (χ4v) is 1.09. The van der Waals surface area contributed by atoms with Crippen LogP contribution in [0.15, 0.2) is 36.7 Å². The number of nitrogens with zero attached hydrogens (tertiary/aromatic N) is 1. The molecule has 0 aromatic carbocycles. The average Bonchev–Trinajstić information content (AvgIpc) is 2.36. The van der Waals surface area contributed by atoms with E-state index >= 15 is 0 Å². The van der Waals surface area contributed by atoms with E-state index in [1.807, 2.05) is 41.1 Å². The Morgan fingerprint density at radius 1 is 1.10 bits per heavy atom. The predicted molar refractivity (Wildman–Crippen MR) is 41.8 cm³/mol. The minimum Gasteiger partial charge on any atom is -0.397 e. The second kappa shape index (κ2) is 1.77. The minimum atomic E-state index is 0.826. The van der Waals surface area contributed by atoms with Crippen molar-refractivity contribution in [3.63, 3.8) is 0 Å². The zero-order valence-electron chi connectivity index (χ0n) is 5.49. The highest BCUT2D eigenvalue weighted by atomic mass is 14.9. The molecule has 2 aromatic heterocycles. The largest absolute Gasteiger partial charge is 0.397 e. The van der Waals surface area contributed by atoms with Gasteiger partial charge >= 0.3 is 0 Å². The molecule has 2 heteroatoms. The van der Waals surface area contributed by atoms with Gasteiger partial charge in [-0.15, -0.1) is 0 Å². The smallest absolute Gasteiger partial charge is 0.0681 e. The van der Waals surface area contributed by atoms with E-state index in [0.717, 1.165) is 11.2 Å². The van der Waals surface area contributed by atoms with Crippen molar-refractivity contribution in [2.45, 2.75) is 0 Å². The quantitative estimate of drug-likeness (QED) is 0.578. The molecule has 0 aliphatic heterocycles. The predicted octanol–water partition coefficient (Wildman–Crippen LogP) is 1.52. The molecule has 2 rings (SSSR count). The topological polar surface area (TPSA) is 30.4 Å². The van der Waals surface area contributed by atoms with Crippen molar-refractivity contribution in [3.8, 4) is 0 Å². The van der Waals surface area contributed by atoms with Crippen LogP contribution in [0.5, 0.6) is 0 Å². The highest BCUT2D eigenvalue weighted by Crippen LogP contribution is 2.11. The summed E-state index contributed by atoms with van der Waals surface area (Å²) in [5.41, 5.74) is 7.58. The Hall–Kier alpha value is -1.44. The van der Waals surface area contributed by atoms with Gasteiger partial charge in [0.05, 0.1) is 11.2 Å². The zero-order chi connectivity index (χ0) is 6.97. The van der Waals surface area contributed by atoms with Crippen LogP contribution in [-0.4, -0.2) is 4.40 Å². The van der Waals surface area contributed by atoms with Crippen LogP contribution in [0.2, 0.25) is 0 Å². The molecular weight excluding hydrogens is 124 g/mol. The molecule has 0 saturated carbocycles. The van der Waals surface area contributed by atoms with Gasteiger partial charge < -0.3 is 10.1 Å². The lowest BCUT2D eigenvalue weighted by molar-refractivity contribution is 1.20. The number of fused-ring (bicyclic) bond motifs is 1. The molecule has 0 radical (unpaired) electrons. The Balaban J connectivity index is 2.95. The first-order valence-corrected chi connectivity index (χ1v) is 3.19. The van der Waals surface area contributed by atoms with Crippen molar-refractivity contribution in [1.82, 2.24) is 4.40 Å². The number of anilines is 1.